The first-order valence-corrected chi connectivity index (χ1v) is 19.5. The molecule has 0 unspecified atom stereocenters. The van der Waals surface area contributed by atoms with Crippen molar-refractivity contribution in [1.29, 1.82) is 0 Å². The number of nitrogens with one attached hydrogen (secondary N) is 1. The Balaban J connectivity index is 0.000000344. The zero-order valence-corrected chi connectivity index (χ0v) is 35.9. The monoisotopic (exact) mass is 900 g/mol. The number of allylic oxidation sites excluding steroid dienone is 2. The summed E-state index contributed by atoms with van der Waals surface area (Å²) in [6.07, 6.45) is -3.81. The normalized spacial score (nSPS) is 18.0. The number of hydrogen-bond acceptors (Lipinski definition) is 13. The first kappa shape index (κ1) is 46.4. The third kappa shape index (κ3) is 11.0. The van der Waals surface area contributed by atoms with E-state index in [1.54, 1.807) is 51.1 Å². The summed E-state index contributed by atoms with van der Waals surface area (Å²) in [4.78, 5) is 37.5. The van der Waals surface area contributed by atoms with E-state index in [2.05, 4.69) is 5.32 Å². The van der Waals surface area contributed by atoms with E-state index in [-0.39, 0.29) is 45.1 Å². The number of nitrogens with two attached hydrogens (primary N) is 1. The highest BCUT2D eigenvalue weighted by Crippen LogP contribution is 2.40. The van der Waals surface area contributed by atoms with E-state index >= 15 is 0 Å². The topological polar surface area (TPSA) is 229 Å². The number of carbonyl (C=O) groups is 2. The molecule has 0 bridgehead atoms. The van der Waals surface area contributed by atoms with Gasteiger partial charge in [0, 0.05) is 34.3 Å². The molecule has 0 aliphatic carbocycles. The summed E-state index contributed by atoms with van der Waals surface area (Å²) in [5.41, 5.74) is 4.54. The molecule has 61 heavy (non-hydrogen) atoms. The van der Waals surface area contributed by atoms with Crippen molar-refractivity contribution in [2.24, 2.45) is 5.73 Å². The Morgan fingerprint density at radius 2 is 1.57 bits per heavy atom. The summed E-state index contributed by atoms with van der Waals surface area (Å²) in [6.45, 7) is 8.69. The zero-order valence-electron chi connectivity index (χ0n) is 33.6. The van der Waals surface area contributed by atoms with Gasteiger partial charge in [0.05, 0.1) is 16.0 Å². The molecule has 18 heteroatoms. The van der Waals surface area contributed by atoms with Crippen LogP contribution in [0.4, 0.5) is 10.5 Å². The number of aliphatic hydroxyl groups is 1. The molecule has 7 N–H and O–H groups in total. The highest BCUT2D eigenvalue weighted by atomic mass is 35.5. The standard InChI is InChI=1S/C31H36N2O11.C12H7Cl3O2/c1-14(2)7-8-16-13-17(9-11-19(16)34)27(37)33-21-22(35)18-10-12-20(15(3)24(18)42-28(21)38)41-29-23(36)25(43-30(32)39)26(40-6)31(4,5)44-29;13-7-1-3-11(9(15)5-7)17-12-4-2-8(14)6-10(12)16/h7,9-13,23,25-26,29,34-36H,8H2,1-6H3,(H2,32,39)(H,33,37);1-6,16H/t23-,25+,26-,29-;/m1./s1. The van der Waals surface area contributed by atoms with Crippen LogP contribution in [-0.2, 0) is 20.6 Å². The van der Waals surface area contributed by atoms with Crippen molar-refractivity contribution in [2.45, 2.75) is 71.2 Å². The largest absolute Gasteiger partial charge is 0.508 e. The van der Waals surface area contributed by atoms with E-state index in [4.69, 9.17) is 68.6 Å². The molecule has 0 spiro atoms. The fraction of sp³-hybridized carbons (Fsp3) is 0.279. The van der Waals surface area contributed by atoms with Gasteiger partial charge in [0.25, 0.3) is 5.91 Å². The van der Waals surface area contributed by atoms with Crippen molar-refractivity contribution in [2.75, 3.05) is 12.4 Å². The van der Waals surface area contributed by atoms with E-state index in [0.717, 1.165) is 5.57 Å². The van der Waals surface area contributed by atoms with Crippen LogP contribution in [0.3, 0.4) is 0 Å². The number of primary amides is 1. The summed E-state index contributed by atoms with van der Waals surface area (Å²) >= 11 is 17.4. The van der Waals surface area contributed by atoms with Crippen LogP contribution in [0.1, 0.15) is 49.2 Å². The van der Waals surface area contributed by atoms with Crippen LogP contribution in [0.5, 0.6) is 34.5 Å². The second-order valence-electron chi connectivity index (χ2n) is 14.5. The summed E-state index contributed by atoms with van der Waals surface area (Å²) in [5.74, 6) is -0.454. The molecule has 1 aromatic heterocycles. The summed E-state index contributed by atoms with van der Waals surface area (Å²) in [5, 5.41) is 45.5. The number of aliphatic hydroxyl groups excluding tert-OH is 1. The number of ether oxygens (including phenoxy) is 5. The molecule has 6 rings (SSSR count). The van der Waals surface area contributed by atoms with E-state index in [1.165, 1.54) is 43.5 Å². The lowest BCUT2D eigenvalue weighted by atomic mass is 9.89. The third-order valence-electron chi connectivity index (χ3n) is 9.36. The number of rotatable bonds is 10. The molecule has 1 saturated heterocycles. The maximum Gasteiger partial charge on any atom is 0.404 e. The van der Waals surface area contributed by atoms with Gasteiger partial charge in [-0.05, 0) is 107 Å². The number of halogens is 3. The molecule has 4 aromatic carbocycles. The highest BCUT2D eigenvalue weighted by Gasteiger charge is 2.53. The van der Waals surface area contributed by atoms with Crippen molar-refractivity contribution in [3.05, 3.63) is 121 Å². The third-order valence-corrected chi connectivity index (χ3v) is 10.1. The predicted molar refractivity (Wildman–Crippen MR) is 229 cm³/mol. The number of hydrogen-bond donors (Lipinski definition) is 6. The average molecular weight is 902 g/mol. The SMILES string of the molecule is CO[C@@H]1[C@@H](OC(N)=O)[C@@H](O)[C@H](Oc2ccc3c(O)c(NC(=O)c4ccc(O)c(CC=C(C)C)c4)c(=O)oc3c2C)OC1(C)C.Oc1cc(Cl)ccc1Oc1ccc(Cl)cc1Cl. The number of anilines is 1. The first-order valence-electron chi connectivity index (χ1n) is 18.4. The molecule has 0 radical (unpaired) electrons. The summed E-state index contributed by atoms with van der Waals surface area (Å²) < 4.78 is 33.3. The Bertz CT molecular complexity index is 2490. The van der Waals surface area contributed by atoms with E-state index < -0.39 is 59.3 Å². The number of methoxy groups -OCH3 is 1. The Kier molecular flexibility index (Phi) is 14.7. The van der Waals surface area contributed by atoms with Gasteiger partial charge >= 0.3 is 11.7 Å². The smallest absolute Gasteiger partial charge is 0.404 e. The lowest BCUT2D eigenvalue weighted by Crippen LogP contribution is -2.65. The van der Waals surface area contributed by atoms with Gasteiger partial charge in [-0.1, -0.05) is 46.5 Å². The maximum atomic E-state index is 13.0. The van der Waals surface area contributed by atoms with Gasteiger partial charge in [0.15, 0.2) is 35.1 Å². The van der Waals surface area contributed by atoms with Crippen molar-refractivity contribution < 1.29 is 58.1 Å². The first-order chi connectivity index (χ1) is 28.7. The lowest BCUT2D eigenvalue weighted by molar-refractivity contribution is -0.304. The number of phenols is 2. The van der Waals surface area contributed by atoms with Crippen molar-refractivity contribution in [3.8, 4) is 34.5 Å². The van der Waals surface area contributed by atoms with Gasteiger partial charge < -0.3 is 59.6 Å². The van der Waals surface area contributed by atoms with E-state index in [1.807, 2.05) is 19.9 Å². The fourth-order valence-electron chi connectivity index (χ4n) is 6.32. The molecule has 2 heterocycles. The van der Waals surface area contributed by atoms with Gasteiger partial charge in [0.1, 0.15) is 28.9 Å². The van der Waals surface area contributed by atoms with Crippen LogP contribution in [0.25, 0.3) is 11.0 Å². The summed E-state index contributed by atoms with van der Waals surface area (Å²) in [6, 6.07) is 16.5. The number of carbonyl (C=O) groups excluding carboxylic acids is 2. The number of amides is 2. The molecule has 324 valence electrons. The Labute approximate surface area is 364 Å². The van der Waals surface area contributed by atoms with Crippen LogP contribution in [0.15, 0.2) is 87.6 Å². The number of benzene rings is 4. The minimum Gasteiger partial charge on any atom is -0.508 e. The lowest BCUT2D eigenvalue weighted by Gasteiger charge is -2.47. The molecule has 15 nitrogen and oxygen atoms in total. The second kappa shape index (κ2) is 19.4. The molecule has 5 aromatic rings. The molecule has 1 aliphatic rings. The Hall–Kier alpha value is -5.68. The van der Waals surface area contributed by atoms with Crippen molar-refractivity contribution in [3.63, 3.8) is 0 Å². The van der Waals surface area contributed by atoms with Gasteiger partial charge in [-0.25, -0.2) is 9.59 Å². The highest BCUT2D eigenvalue weighted by molar-refractivity contribution is 6.35. The molecule has 2 amide bonds. The van der Waals surface area contributed by atoms with Gasteiger partial charge in [-0.2, -0.15) is 0 Å². The summed E-state index contributed by atoms with van der Waals surface area (Å²) in [7, 11) is 1.37. The Morgan fingerprint density at radius 1 is 0.918 bits per heavy atom. The zero-order chi connectivity index (χ0) is 44.9. The van der Waals surface area contributed by atoms with E-state index in [0.29, 0.717) is 32.8 Å². The average Bonchev–Trinajstić information content (AvgIpc) is 3.18. The number of phenolic OH excluding ortho intramolecular Hbond substituents is 2. The minimum absolute atomic E-state index is 0.0183. The van der Waals surface area contributed by atoms with Crippen molar-refractivity contribution >= 4 is 63.5 Å². The molecule has 0 saturated carbocycles. The van der Waals surface area contributed by atoms with Crippen LogP contribution >= 0.6 is 34.8 Å². The quantitative estimate of drug-likeness (QED) is 0.0570. The maximum absolute atomic E-state index is 13.0. The van der Waals surface area contributed by atoms with E-state index in [9.17, 15) is 34.8 Å². The van der Waals surface area contributed by atoms with Gasteiger partial charge in [-0.15, -0.1) is 0 Å². The van der Waals surface area contributed by atoms with Gasteiger partial charge in [-0.3, -0.25) is 4.79 Å². The van der Waals surface area contributed by atoms with Crippen LogP contribution < -0.4 is 26.1 Å². The minimum atomic E-state index is -1.52. The van der Waals surface area contributed by atoms with Crippen molar-refractivity contribution in [1.82, 2.24) is 0 Å². The van der Waals surface area contributed by atoms with Gasteiger partial charge in [0.2, 0.25) is 6.29 Å². The molecule has 1 aliphatic heterocycles. The fourth-order valence-corrected chi connectivity index (χ4v) is 6.93. The second-order valence-corrected chi connectivity index (χ2v) is 15.8. The van der Waals surface area contributed by atoms with Crippen LogP contribution in [-0.4, -0.2) is 69.7 Å². The number of aromatic hydroxyl groups is 3. The van der Waals surface area contributed by atoms with Crippen LogP contribution in [0.2, 0.25) is 15.1 Å². The molecule has 4 atom stereocenters. The molecular weight excluding hydrogens is 859 g/mol. The predicted octanol–water partition coefficient (Wildman–Crippen LogP) is 8.77. The van der Waals surface area contributed by atoms with Crippen LogP contribution in [0, 0.1) is 6.92 Å². The molecular formula is C43H43Cl3N2O13. The molecule has 1 fully saturated rings. The Morgan fingerprint density at radius 3 is 2.20 bits per heavy atom. The number of aryl methyl sites for hydroxylation is 1. The number of fused-ring (bicyclic) bond motifs is 1.